The van der Waals surface area contributed by atoms with Gasteiger partial charge in [0, 0.05) is 7.05 Å². The van der Waals surface area contributed by atoms with Crippen molar-refractivity contribution < 1.29 is 27.6 Å². The molecule has 0 radical (unpaired) electrons. The topological polar surface area (TPSA) is 80.5 Å². The summed E-state index contributed by atoms with van der Waals surface area (Å²) in [4.78, 5) is 35.9. The first-order valence-corrected chi connectivity index (χ1v) is 5.67. The maximum absolute atomic E-state index is 12.5. The van der Waals surface area contributed by atoms with Crippen LogP contribution in [0.15, 0.2) is 0 Å². The number of ketones is 1. The third kappa shape index (κ3) is 3.12. The highest BCUT2D eigenvalue weighted by atomic mass is 35.5. The molecule has 20 heavy (non-hydrogen) atoms. The molecule has 1 aliphatic heterocycles. The number of carbonyl (C=O) groups excluding carboxylic acids is 3. The highest BCUT2D eigenvalue weighted by Crippen LogP contribution is 2.32. The summed E-state index contributed by atoms with van der Waals surface area (Å²) in [7, 11) is 1.19. The summed E-state index contributed by atoms with van der Waals surface area (Å²) in [5.74, 6) is -6.89. The summed E-state index contributed by atoms with van der Waals surface area (Å²) >= 11 is 0. The van der Waals surface area contributed by atoms with E-state index < -0.39 is 47.6 Å². The molecule has 0 saturated carbocycles. The fraction of sp³-hybridized carbons (Fsp3) is 0.727. The number of alkyl halides is 3. The minimum atomic E-state index is -4.63. The fourth-order valence-corrected chi connectivity index (χ4v) is 2.00. The van der Waals surface area contributed by atoms with Crippen molar-refractivity contribution in [3.8, 4) is 0 Å². The number of rotatable bonds is 3. The molecule has 0 bridgehead atoms. The Kier molecular flexibility index (Phi) is 5.74. The van der Waals surface area contributed by atoms with Gasteiger partial charge in [0.2, 0.25) is 11.8 Å². The van der Waals surface area contributed by atoms with Gasteiger partial charge in [0.15, 0.2) is 5.78 Å². The Hall–Kier alpha value is -1.15. The third-order valence-electron chi connectivity index (χ3n) is 3.51. The molecule has 0 aromatic heterocycles. The molecule has 0 aromatic rings. The molecule has 2 unspecified atom stereocenters. The average molecular weight is 317 g/mol. The van der Waals surface area contributed by atoms with Crippen LogP contribution in [0.25, 0.3) is 0 Å². The standard InChI is InChI=1S/C11H15F3N2O3.ClH/c1-4-6(10(19)16(3)9(4)18)8(17)7(15)5(2)11(12,13)14;/h4-7H,15H2,1-3H3;1H/t4-,5?,6+,7?;/m0./s1. The maximum Gasteiger partial charge on any atom is 0.393 e. The lowest BCUT2D eigenvalue weighted by Gasteiger charge is -2.23. The van der Waals surface area contributed by atoms with Gasteiger partial charge in [-0.2, -0.15) is 13.2 Å². The summed E-state index contributed by atoms with van der Waals surface area (Å²) < 4.78 is 37.5. The van der Waals surface area contributed by atoms with E-state index in [-0.39, 0.29) is 12.4 Å². The highest BCUT2D eigenvalue weighted by Gasteiger charge is 2.51. The SMILES string of the molecule is CC(C(N)C(=O)[C@@H]1C(=O)N(C)C(=O)[C@H]1C)C(F)(F)F.Cl. The Bertz CT molecular complexity index is 428. The van der Waals surface area contributed by atoms with Crippen LogP contribution in [0.2, 0.25) is 0 Å². The molecule has 1 heterocycles. The van der Waals surface area contributed by atoms with Crippen LogP contribution in [-0.2, 0) is 14.4 Å². The second kappa shape index (κ2) is 6.09. The first-order chi connectivity index (χ1) is 8.50. The lowest BCUT2D eigenvalue weighted by Crippen LogP contribution is -2.48. The summed E-state index contributed by atoms with van der Waals surface area (Å²) in [5.41, 5.74) is 5.29. The Morgan fingerprint density at radius 3 is 2.05 bits per heavy atom. The van der Waals surface area contributed by atoms with Gasteiger partial charge in [0.25, 0.3) is 0 Å². The Balaban J connectivity index is 0.00000361. The molecule has 0 aliphatic carbocycles. The van der Waals surface area contributed by atoms with Gasteiger partial charge in [-0.1, -0.05) is 13.8 Å². The molecule has 2 amide bonds. The van der Waals surface area contributed by atoms with E-state index in [1.165, 1.54) is 14.0 Å². The quantitative estimate of drug-likeness (QED) is 0.615. The first-order valence-electron chi connectivity index (χ1n) is 5.67. The van der Waals surface area contributed by atoms with Crippen molar-refractivity contribution in [2.45, 2.75) is 26.1 Å². The van der Waals surface area contributed by atoms with Crippen LogP contribution in [0, 0.1) is 17.8 Å². The van der Waals surface area contributed by atoms with Gasteiger partial charge < -0.3 is 5.73 Å². The van der Waals surface area contributed by atoms with Crippen LogP contribution in [0.3, 0.4) is 0 Å². The number of nitrogens with zero attached hydrogens (tertiary/aromatic N) is 1. The van der Waals surface area contributed by atoms with Gasteiger partial charge in [0.05, 0.1) is 17.9 Å². The zero-order valence-electron chi connectivity index (χ0n) is 11.1. The highest BCUT2D eigenvalue weighted by molar-refractivity contribution is 6.16. The molecule has 0 spiro atoms. The second-order valence-corrected chi connectivity index (χ2v) is 4.76. The van der Waals surface area contributed by atoms with Gasteiger partial charge in [-0.05, 0) is 0 Å². The summed E-state index contributed by atoms with van der Waals surface area (Å²) in [6.07, 6.45) is -4.63. The molecular weight excluding hydrogens is 301 g/mol. The molecule has 1 rings (SSSR count). The minimum absolute atomic E-state index is 0. The molecule has 4 atom stereocenters. The molecular formula is C11H16ClF3N2O3. The number of halogens is 4. The molecule has 0 aromatic carbocycles. The van der Waals surface area contributed by atoms with Crippen molar-refractivity contribution in [2.75, 3.05) is 7.05 Å². The molecule has 2 N–H and O–H groups in total. The van der Waals surface area contributed by atoms with Crippen LogP contribution in [0.5, 0.6) is 0 Å². The van der Waals surface area contributed by atoms with Crippen molar-refractivity contribution in [1.82, 2.24) is 4.90 Å². The molecule has 1 saturated heterocycles. The number of hydrogen-bond acceptors (Lipinski definition) is 4. The first kappa shape index (κ1) is 18.9. The van der Waals surface area contributed by atoms with E-state index in [0.29, 0.717) is 0 Å². The minimum Gasteiger partial charge on any atom is -0.321 e. The monoisotopic (exact) mass is 316 g/mol. The number of carbonyl (C=O) groups is 3. The molecule has 9 heteroatoms. The van der Waals surface area contributed by atoms with E-state index in [9.17, 15) is 27.6 Å². The predicted molar refractivity (Wildman–Crippen MR) is 65.9 cm³/mol. The van der Waals surface area contributed by atoms with Gasteiger partial charge in [-0.3, -0.25) is 19.3 Å². The summed E-state index contributed by atoms with van der Waals surface area (Å²) in [6, 6.07) is -1.85. The number of Topliss-reactive ketones (excluding diaryl/α,β-unsaturated/α-hetero) is 1. The van der Waals surface area contributed by atoms with Crippen molar-refractivity contribution in [1.29, 1.82) is 0 Å². The van der Waals surface area contributed by atoms with Crippen molar-refractivity contribution in [2.24, 2.45) is 23.5 Å². The summed E-state index contributed by atoms with van der Waals surface area (Å²) in [5, 5.41) is 0. The van der Waals surface area contributed by atoms with Gasteiger partial charge in [-0.15, -0.1) is 12.4 Å². The van der Waals surface area contributed by atoms with Crippen LogP contribution in [0.4, 0.5) is 13.2 Å². The normalized spacial score (nSPS) is 26.2. The number of amides is 2. The van der Waals surface area contributed by atoms with Gasteiger partial charge in [-0.25, -0.2) is 0 Å². The Morgan fingerprint density at radius 1 is 1.30 bits per heavy atom. The second-order valence-electron chi connectivity index (χ2n) is 4.76. The van der Waals surface area contributed by atoms with E-state index >= 15 is 0 Å². The maximum atomic E-state index is 12.5. The van der Waals surface area contributed by atoms with Crippen LogP contribution < -0.4 is 5.73 Å². The van der Waals surface area contributed by atoms with Crippen molar-refractivity contribution in [3.63, 3.8) is 0 Å². The third-order valence-corrected chi connectivity index (χ3v) is 3.51. The molecule has 116 valence electrons. The zero-order chi connectivity index (χ0) is 15.1. The lowest BCUT2D eigenvalue weighted by molar-refractivity contribution is -0.178. The van der Waals surface area contributed by atoms with Crippen LogP contribution in [-0.4, -0.2) is 41.8 Å². The zero-order valence-corrected chi connectivity index (χ0v) is 11.9. The number of hydrogen-bond donors (Lipinski definition) is 1. The predicted octanol–water partition coefficient (Wildman–Crippen LogP) is 0.754. The van der Waals surface area contributed by atoms with E-state index in [4.69, 9.17) is 5.73 Å². The van der Waals surface area contributed by atoms with E-state index in [1.54, 1.807) is 0 Å². The van der Waals surface area contributed by atoms with Crippen LogP contribution in [0.1, 0.15) is 13.8 Å². The van der Waals surface area contributed by atoms with E-state index in [1.807, 2.05) is 0 Å². The molecule has 5 nitrogen and oxygen atoms in total. The van der Waals surface area contributed by atoms with Crippen molar-refractivity contribution in [3.05, 3.63) is 0 Å². The number of likely N-dealkylation sites (tertiary alicyclic amines) is 1. The lowest BCUT2D eigenvalue weighted by atomic mass is 9.84. The van der Waals surface area contributed by atoms with Gasteiger partial charge in [0.1, 0.15) is 5.92 Å². The number of nitrogens with two attached hydrogens (primary N) is 1. The van der Waals surface area contributed by atoms with Gasteiger partial charge >= 0.3 is 6.18 Å². The molecule has 1 fully saturated rings. The fourth-order valence-electron chi connectivity index (χ4n) is 2.00. The van der Waals surface area contributed by atoms with Crippen LogP contribution >= 0.6 is 12.4 Å². The Labute approximate surface area is 120 Å². The smallest absolute Gasteiger partial charge is 0.321 e. The largest absolute Gasteiger partial charge is 0.393 e. The van der Waals surface area contributed by atoms with E-state index in [2.05, 4.69) is 0 Å². The average Bonchev–Trinajstić information content (AvgIpc) is 2.50. The molecule has 1 aliphatic rings. The van der Waals surface area contributed by atoms with E-state index in [0.717, 1.165) is 11.8 Å². The summed E-state index contributed by atoms with van der Waals surface area (Å²) in [6.45, 7) is 2.11. The van der Waals surface area contributed by atoms with Crippen molar-refractivity contribution >= 4 is 30.0 Å². The Morgan fingerprint density at radius 2 is 1.75 bits per heavy atom. The number of imide groups is 1.